The molecule has 1 N–H and O–H groups in total. The second kappa shape index (κ2) is 6.92. The minimum absolute atomic E-state index is 0.107. The summed E-state index contributed by atoms with van der Waals surface area (Å²) in [6.45, 7) is 3.41. The van der Waals surface area contributed by atoms with Crippen molar-refractivity contribution in [3.63, 3.8) is 0 Å². The van der Waals surface area contributed by atoms with E-state index in [-0.39, 0.29) is 12.7 Å². The Labute approximate surface area is 151 Å². The van der Waals surface area contributed by atoms with Crippen LogP contribution in [0, 0.1) is 0 Å². The van der Waals surface area contributed by atoms with Crippen LogP contribution in [0.25, 0.3) is 11.1 Å². The molecular weight excluding hydrogens is 330 g/mol. The van der Waals surface area contributed by atoms with Crippen LogP contribution in [-0.2, 0) is 13.1 Å². The lowest BCUT2D eigenvalue weighted by molar-refractivity contribution is 0.0941. The fourth-order valence-electron chi connectivity index (χ4n) is 2.99. The highest BCUT2D eigenvalue weighted by atomic mass is 16.7. The summed E-state index contributed by atoms with van der Waals surface area (Å²) in [6, 6.07) is 11.5. The number of aromatic nitrogens is 2. The lowest BCUT2D eigenvalue weighted by Gasteiger charge is -2.08. The van der Waals surface area contributed by atoms with E-state index in [2.05, 4.69) is 10.3 Å². The summed E-state index contributed by atoms with van der Waals surface area (Å²) >= 11 is 0. The van der Waals surface area contributed by atoms with Gasteiger partial charge in [-0.1, -0.05) is 6.07 Å². The van der Waals surface area contributed by atoms with Crippen molar-refractivity contribution in [2.24, 2.45) is 0 Å². The molecule has 0 saturated heterocycles. The van der Waals surface area contributed by atoms with Gasteiger partial charge in [-0.25, -0.2) is 0 Å². The van der Waals surface area contributed by atoms with Crippen LogP contribution in [0.2, 0.25) is 0 Å². The summed E-state index contributed by atoms with van der Waals surface area (Å²) in [5.41, 5.74) is 3.64. The molecule has 0 spiro atoms. The molecule has 26 heavy (non-hydrogen) atoms. The molecular formula is C20H19N3O3. The molecule has 0 saturated carbocycles. The number of hydrogen-bond acceptors (Lipinski definition) is 4. The molecule has 2 aromatic heterocycles. The third kappa shape index (κ3) is 3.13. The molecule has 132 valence electrons. The van der Waals surface area contributed by atoms with Gasteiger partial charge < -0.3 is 19.4 Å². The summed E-state index contributed by atoms with van der Waals surface area (Å²) < 4.78 is 12.6. The zero-order chi connectivity index (χ0) is 17.9. The highest BCUT2D eigenvalue weighted by molar-refractivity contribution is 5.94. The van der Waals surface area contributed by atoms with Gasteiger partial charge in [-0.3, -0.25) is 9.78 Å². The average Bonchev–Trinajstić information content (AvgIpc) is 3.33. The van der Waals surface area contributed by atoms with Crippen molar-refractivity contribution in [2.75, 3.05) is 6.79 Å². The van der Waals surface area contributed by atoms with Gasteiger partial charge in [-0.2, -0.15) is 0 Å². The Morgan fingerprint density at radius 1 is 1.12 bits per heavy atom. The summed E-state index contributed by atoms with van der Waals surface area (Å²) in [6.07, 6.45) is 5.49. The van der Waals surface area contributed by atoms with E-state index >= 15 is 0 Å². The van der Waals surface area contributed by atoms with Crippen LogP contribution >= 0.6 is 0 Å². The molecule has 3 heterocycles. The number of hydrogen-bond donors (Lipinski definition) is 1. The first-order valence-electron chi connectivity index (χ1n) is 8.52. The molecule has 6 nitrogen and oxygen atoms in total. The highest BCUT2D eigenvalue weighted by Gasteiger charge is 2.16. The quantitative estimate of drug-likeness (QED) is 0.768. The van der Waals surface area contributed by atoms with Gasteiger partial charge in [0.25, 0.3) is 5.91 Å². The minimum Gasteiger partial charge on any atom is -0.454 e. The number of nitrogens with one attached hydrogen (secondary N) is 1. The molecule has 0 fully saturated rings. The van der Waals surface area contributed by atoms with Gasteiger partial charge in [0.1, 0.15) is 5.69 Å². The fourth-order valence-corrected chi connectivity index (χ4v) is 2.99. The summed E-state index contributed by atoms with van der Waals surface area (Å²) in [7, 11) is 0. The lowest BCUT2D eigenvalue weighted by Crippen LogP contribution is -2.25. The van der Waals surface area contributed by atoms with E-state index in [0.29, 0.717) is 18.0 Å². The fraction of sp³-hybridized carbons (Fsp3) is 0.200. The molecule has 0 bridgehead atoms. The van der Waals surface area contributed by atoms with Crippen LogP contribution in [0.3, 0.4) is 0 Å². The van der Waals surface area contributed by atoms with Gasteiger partial charge in [0.05, 0.1) is 0 Å². The Hall–Kier alpha value is -3.28. The predicted molar refractivity (Wildman–Crippen MR) is 97.1 cm³/mol. The third-order valence-electron chi connectivity index (χ3n) is 4.37. The lowest BCUT2D eigenvalue weighted by atomic mass is 10.1. The Morgan fingerprint density at radius 2 is 1.92 bits per heavy atom. The summed E-state index contributed by atoms with van der Waals surface area (Å²) in [4.78, 5) is 16.7. The van der Waals surface area contributed by atoms with Crippen LogP contribution in [-0.4, -0.2) is 22.3 Å². The normalized spacial score (nSPS) is 12.2. The van der Waals surface area contributed by atoms with Crippen molar-refractivity contribution >= 4 is 5.91 Å². The molecule has 3 aromatic rings. The molecule has 0 atom stereocenters. The molecule has 1 aliphatic rings. The average molecular weight is 349 g/mol. The molecule has 0 unspecified atom stereocenters. The van der Waals surface area contributed by atoms with Gasteiger partial charge in [0.2, 0.25) is 6.79 Å². The van der Waals surface area contributed by atoms with Crippen molar-refractivity contribution in [3.8, 4) is 22.6 Å². The maximum absolute atomic E-state index is 12.7. The monoisotopic (exact) mass is 349 g/mol. The Morgan fingerprint density at radius 3 is 2.73 bits per heavy atom. The maximum Gasteiger partial charge on any atom is 0.268 e. The van der Waals surface area contributed by atoms with Crippen LogP contribution in [0.1, 0.15) is 23.0 Å². The number of pyridine rings is 1. The molecule has 1 aliphatic heterocycles. The van der Waals surface area contributed by atoms with Crippen molar-refractivity contribution in [2.45, 2.75) is 20.0 Å². The SMILES string of the molecule is CCn1cc(-c2ccncc2)cc1C(=O)NCc1ccc2c(c1)OCO2. The van der Waals surface area contributed by atoms with Crippen LogP contribution in [0.5, 0.6) is 11.5 Å². The van der Waals surface area contributed by atoms with Crippen LogP contribution < -0.4 is 14.8 Å². The van der Waals surface area contributed by atoms with Crippen LogP contribution in [0.4, 0.5) is 0 Å². The smallest absolute Gasteiger partial charge is 0.268 e. The first-order chi connectivity index (χ1) is 12.7. The molecule has 1 amide bonds. The largest absolute Gasteiger partial charge is 0.454 e. The van der Waals surface area contributed by atoms with E-state index in [1.807, 2.05) is 54.1 Å². The molecule has 1 aromatic carbocycles. The summed E-state index contributed by atoms with van der Waals surface area (Å²) in [5.74, 6) is 1.35. The Kier molecular flexibility index (Phi) is 4.31. The van der Waals surface area contributed by atoms with Gasteiger partial charge in [0, 0.05) is 37.2 Å². The standard InChI is InChI=1S/C20H19N3O3/c1-2-23-12-16(15-5-7-21-8-6-15)10-17(23)20(24)22-11-14-3-4-18-19(9-14)26-13-25-18/h3-10,12H,2,11,13H2,1H3,(H,22,24). The first-order valence-corrected chi connectivity index (χ1v) is 8.52. The number of ether oxygens (including phenoxy) is 2. The van der Waals surface area contributed by atoms with Gasteiger partial charge in [-0.05, 0) is 48.4 Å². The van der Waals surface area contributed by atoms with Gasteiger partial charge in [-0.15, -0.1) is 0 Å². The van der Waals surface area contributed by atoms with E-state index in [9.17, 15) is 4.79 Å². The predicted octanol–water partition coefficient (Wildman–Crippen LogP) is 3.23. The summed E-state index contributed by atoms with van der Waals surface area (Å²) in [5, 5.41) is 2.98. The number of fused-ring (bicyclic) bond motifs is 1. The van der Waals surface area contributed by atoms with Crippen molar-refractivity contribution in [1.29, 1.82) is 0 Å². The third-order valence-corrected chi connectivity index (χ3v) is 4.37. The Bertz CT molecular complexity index is 935. The van der Waals surface area contributed by atoms with Crippen LogP contribution in [0.15, 0.2) is 55.0 Å². The number of aryl methyl sites for hydroxylation is 1. The van der Waals surface area contributed by atoms with E-state index in [0.717, 1.165) is 29.0 Å². The van der Waals surface area contributed by atoms with E-state index < -0.39 is 0 Å². The number of carbonyl (C=O) groups excluding carboxylic acids is 1. The van der Waals surface area contributed by atoms with E-state index in [1.165, 1.54) is 0 Å². The Balaban J connectivity index is 1.50. The maximum atomic E-state index is 12.7. The first kappa shape index (κ1) is 16.2. The number of carbonyl (C=O) groups is 1. The molecule has 0 aliphatic carbocycles. The molecule has 4 rings (SSSR count). The highest BCUT2D eigenvalue weighted by Crippen LogP contribution is 2.32. The van der Waals surface area contributed by atoms with E-state index in [4.69, 9.17) is 9.47 Å². The topological polar surface area (TPSA) is 65.4 Å². The van der Waals surface area contributed by atoms with Crippen molar-refractivity contribution in [1.82, 2.24) is 14.9 Å². The number of benzene rings is 1. The van der Waals surface area contributed by atoms with Crippen molar-refractivity contribution < 1.29 is 14.3 Å². The zero-order valence-corrected chi connectivity index (χ0v) is 14.4. The zero-order valence-electron chi connectivity index (χ0n) is 14.4. The number of nitrogens with zero attached hydrogens (tertiary/aromatic N) is 2. The minimum atomic E-state index is -0.107. The second-order valence-electron chi connectivity index (χ2n) is 6.01. The molecule has 6 heteroatoms. The van der Waals surface area contributed by atoms with Gasteiger partial charge in [0.15, 0.2) is 11.5 Å². The second-order valence-corrected chi connectivity index (χ2v) is 6.01. The van der Waals surface area contributed by atoms with Gasteiger partial charge >= 0.3 is 0 Å². The number of amides is 1. The molecule has 0 radical (unpaired) electrons. The number of rotatable bonds is 5. The van der Waals surface area contributed by atoms with Crippen molar-refractivity contribution in [3.05, 3.63) is 66.2 Å². The van der Waals surface area contributed by atoms with E-state index in [1.54, 1.807) is 12.4 Å².